The highest BCUT2D eigenvalue weighted by Gasteiger charge is 2.40. The van der Waals surface area contributed by atoms with E-state index in [0.29, 0.717) is 34.2 Å². The van der Waals surface area contributed by atoms with Crippen molar-refractivity contribution in [2.45, 2.75) is 25.3 Å². The number of hydrogen-bond donors (Lipinski definition) is 2. The summed E-state index contributed by atoms with van der Waals surface area (Å²) in [6, 6.07) is 17.0. The minimum absolute atomic E-state index is 0.0206. The Labute approximate surface area is 184 Å². The van der Waals surface area contributed by atoms with Crippen LogP contribution >= 0.6 is 11.6 Å². The van der Waals surface area contributed by atoms with Gasteiger partial charge in [-0.25, -0.2) is 4.79 Å². The van der Waals surface area contributed by atoms with Gasteiger partial charge in [0.2, 0.25) is 0 Å². The predicted octanol–water partition coefficient (Wildman–Crippen LogP) is 6.15. The topological polar surface area (TPSA) is 74.6 Å². The number of benzene rings is 2. The average molecular weight is 434 g/mol. The molecule has 31 heavy (non-hydrogen) atoms. The number of amides is 2. The van der Waals surface area contributed by atoms with Crippen LogP contribution in [0.25, 0.3) is 0 Å². The second-order valence-electron chi connectivity index (χ2n) is 7.54. The standard InChI is InChI=1S/C24H20ClN3O3/c25-15-10-12-16(13-11-15)26-24(30)28-19-7-2-1-5-17(19)27-18-6-3-8-20(29)22(18)23(28)21-9-4-14-31-21/h1-2,4-5,7,9-14,23,27H,3,6,8H2,(H,26,30)/t23-/m1/s1. The molecular formula is C24H20ClN3O3. The van der Waals surface area contributed by atoms with Gasteiger partial charge in [0.15, 0.2) is 5.78 Å². The van der Waals surface area contributed by atoms with Crippen LogP contribution in [-0.4, -0.2) is 11.8 Å². The van der Waals surface area contributed by atoms with Crippen molar-refractivity contribution in [3.63, 3.8) is 0 Å². The second kappa shape index (κ2) is 7.96. The molecule has 2 amide bonds. The van der Waals surface area contributed by atoms with E-state index in [0.717, 1.165) is 24.2 Å². The van der Waals surface area contributed by atoms with E-state index in [1.165, 1.54) is 0 Å². The Morgan fingerprint density at radius 2 is 1.87 bits per heavy atom. The fourth-order valence-electron chi connectivity index (χ4n) is 4.19. The van der Waals surface area contributed by atoms with E-state index in [2.05, 4.69) is 10.6 Å². The van der Waals surface area contributed by atoms with E-state index in [-0.39, 0.29) is 11.8 Å². The third kappa shape index (κ3) is 3.59. The van der Waals surface area contributed by atoms with E-state index >= 15 is 0 Å². The molecule has 0 bridgehead atoms. The monoisotopic (exact) mass is 433 g/mol. The molecule has 2 aliphatic rings. The number of halogens is 1. The van der Waals surface area contributed by atoms with E-state index in [1.54, 1.807) is 47.6 Å². The number of nitrogens with zero attached hydrogens (tertiary/aromatic N) is 1. The zero-order valence-electron chi connectivity index (χ0n) is 16.6. The molecule has 2 aromatic carbocycles. The highest BCUT2D eigenvalue weighted by atomic mass is 35.5. The Bertz CT molecular complexity index is 1170. The van der Waals surface area contributed by atoms with Crippen LogP contribution in [0.5, 0.6) is 0 Å². The smallest absolute Gasteiger partial charge is 0.327 e. The van der Waals surface area contributed by atoms with Gasteiger partial charge in [0.1, 0.15) is 11.8 Å². The highest BCUT2D eigenvalue weighted by Crippen LogP contribution is 2.45. The van der Waals surface area contributed by atoms with Gasteiger partial charge in [0, 0.05) is 28.4 Å². The molecular weight excluding hydrogens is 414 g/mol. The van der Waals surface area contributed by atoms with Crippen LogP contribution in [0.3, 0.4) is 0 Å². The normalized spacial score (nSPS) is 18.0. The van der Waals surface area contributed by atoms with Crippen molar-refractivity contribution in [3.05, 3.63) is 89.0 Å². The average Bonchev–Trinajstić information content (AvgIpc) is 3.25. The number of ketones is 1. The van der Waals surface area contributed by atoms with Crippen LogP contribution in [0.1, 0.15) is 31.1 Å². The lowest BCUT2D eigenvalue weighted by atomic mass is 9.88. The molecule has 6 nitrogen and oxygen atoms in total. The van der Waals surface area contributed by atoms with Gasteiger partial charge in [0.25, 0.3) is 0 Å². The molecule has 0 spiro atoms. The maximum atomic E-state index is 13.6. The van der Waals surface area contributed by atoms with E-state index in [9.17, 15) is 9.59 Å². The molecule has 0 saturated carbocycles. The maximum absolute atomic E-state index is 13.6. The van der Waals surface area contributed by atoms with Gasteiger partial charge in [-0.05, 0) is 61.4 Å². The van der Waals surface area contributed by atoms with Crippen LogP contribution in [0.4, 0.5) is 21.9 Å². The largest absolute Gasteiger partial charge is 0.467 e. The molecule has 0 unspecified atom stereocenters. The zero-order valence-corrected chi connectivity index (χ0v) is 17.4. The van der Waals surface area contributed by atoms with Gasteiger partial charge >= 0.3 is 6.03 Å². The Hall–Kier alpha value is -3.51. The van der Waals surface area contributed by atoms with Crippen molar-refractivity contribution in [1.82, 2.24) is 0 Å². The molecule has 1 aromatic heterocycles. The zero-order chi connectivity index (χ0) is 21.4. The summed E-state index contributed by atoms with van der Waals surface area (Å²) in [5, 5.41) is 6.93. The molecule has 156 valence electrons. The van der Waals surface area contributed by atoms with Crippen LogP contribution in [0.2, 0.25) is 5.02 Å². The summed E-state index contributed by atoms with van der Waals surface area (Å²) in [5.74, 6) is 0.555. The molecule has 3 aromatic rings. The van der Waals surface area contributed by atoms with E-state index in [4.69, 9.17) is 16.0 Å². The summed E-state index contributed by atoms with van der Waals surface area (Å²) in [6.45, 7) is 0. The summed E-state index contributed by atoms with van der Waals surface area (Å²) < 4.78 is 5.73. The van der Waals surface area contributed by atoms with Gasteiger partial charge in [-0.3, -0.25) is 9.69 Å². The number of carbonyl (C=O) groups excluding carboxylic acids is 2. The number of allylic oxidation sites excluding steroid dienone is 1. The van der Waals surface area contributed by atoms with Gasteiger partial charge in [-0.2, -0.15) is 0 Å². The van der Waals surface area contributed by atoms with Crippen LogP contribution < -0.4 is 15.5 Å². The SMILES string of the molecule is O=C1CCCC2=C1[C@@H](c1ccco1)N(C(=O)Nc1ccc(Cl)cc1)c1ccccc1N2. The Morgan fingerprint density at radius 3 is 2.65 bits per heavy atom. The third-order valence-electron chi connectivity index (χ3n) is 5.56. The van der Waals surface area contributed by atoms with Gasteiger partial charge in [-0.1, -0.05) is 23.7 Å². The highest BCUT2D eigenvalue weighted by molar-refractivity contribution is 6.30. The number of nitrogens with one attached hydrogen (secondary N) is 2. The lowest BCUT2D eigenvalue weighted by molar-refractivity contribution is -0.116. The van der Waals surface area contributed by atoms with Crippen LogP contribution in [0, 0.1) is 0 Å². The van der Waals surface area contributed by atoms with Gasteiger partial charge in [-0.15, -0.1) is 0 Å². The fraction of sp³-hybridized carbons (Fsp3) is 0.167. The first-order valence-corrected chi connectivity index (χ1v) is 10.5. The number of rotatable bonds is 2. The minimum atomic E-state index is -0.679. The molecule has 1 aliphatic heterocycles. The van der Waals surface area contributed by atoms with Crippen LogP contribution in [0.15, 0.2) is 82.6 Å². The first-order valence-electron chi connectivity index (χ1n) is 10.1. The summed E-state index contributed by atoms with van der Waals surface area (Å²) in [5.41, 5.74) is 3.45. The molecule has 5 rings (SSSR count). The molecule has 0 fully saturated rings. The molecule has 2 N–H and O–H groups in total. The molecule has 0 saturated heterocycles. The van der Waals surface area contributed by atoms with Crippen molar-refractivity contribution in [2.75, 3.05) is 15.5 Å². The van der Waals surface area contributed by atoms with Crippen LogP contribution in [-0.2, 0) is 4.79 Å². The summed E-state index contributed by atoms with van der Waals surface area (Å²) in [4.78, 5) is 28.3. The summed E-state index contributed by atoms with van der Waals surface area (Å²) in [7, 11) is 0. The van der Waals surface area contributed by atoms with E-state index < -0.39 is 6.04 Å². The van der Waals surface area contributed by atoms with Crippen molar-refractivity contribution in [1.29, 1.82) is 0 Å². The molecule has 7 heteroatoms. The third-order valence-corrected chi connectivity index (χ3v) is 5.82. The molecule has 2 heterocycles. The first kappa shape index (κ1) is 19.5. The summed E-state index contributed by atoms with van der Waals surface area (Å²) >= 11 is 5.98. The number of carbonyl (C=O) groups is 2. The Balaban J connectivity index is 1.66. The van der Waals surface area contributed by atoms with Crippen molar-refractivity contribution in [2.24, 2.45) is 0 Å². The maximum Gasteiger partial charge on any atom is 0.327 e. The lowest BCUT2D eigenvalue weighted by Gasteiger charge is -2.32. The van der Waals surface area contributed by atoms with Gasteiger partial charge in [0.05, 0.1) is 17.6 Å². The van der Waals surface area contributed by atoms with Crippen molar-refractivity contribution in [3.8, 4) is 0 Å². The van der Waals surface area contributed by atoms with Gasteiger partial charge < -0.3 is 15.1 Å². The Morgan fingerprint density at radius 1 is 1.06 bits per heavy atom. The summed E-state index contributed by atoms with van der Waals surface area (Å²) in [6.07, 6.45) is 3.51. The number of furan rings is 1. The van der Waals surface area contributed by atoms with E-state index in [1.807, 2.05) is 24.3 Å². The molecule has 1 atom stereocenters. The number of fused-ring (bicyclic) bond motifs is 1. The first-order chi connectivity index (χ1) is 15.1. The number of anilines is 3. The lowest BCUT2D eigenvalue weighted by Crippen LogP contribution is -2.40. The number of hydrogen-bond acceptors (Lipinski definition) is 4. The number of para-hydroxylation sites is 2. The molecule has 0 radical (unpaired) electrons. The number of Topliss-reactive ketones (excluding diaryl/α,β-unsaturated/α-hetero) is 1. The molecule has 1 aliphatic carbocycles. The fourth-order valence-corrected chi connectivity index (χ4v) is 4.32. The number of urea groups is 1. The predicted molar refractivity (Wildman–Crippen MR) is 120 cm³/mol. The second-order valence-corrected chi connectivity index (χ2v) is 7.97. The quantitative estimate of drug-likeness (QED) is 0.508. The van der Waals surface area contributed by atoms with Crippen molar-refractivity contribution >= 4 is 40.5 Å². The Kier molecular flexibility index (Phi) is 5.00. The van der Waals surface area contributed by atoms with Crippen molar-refractivity contribution < 1.29 is 14.0 Å². The minimum Gasteiger partial charge on any atom is -0.467 e.